The maximum atomic E-state index is 12.0. The lowest BCUT2D eigenvalue weighted by atomic mass is 10.1. The van der Waals surface area contributed by atoms with Crippen molar-refractivity contribution in [2.24, 2.45) is 0 Å². The summed E-state index contributed by atoms with van der Waals surface area (Å²) in [6, 6.07) is 12.8. The number of hydrogen-bond donors (Lipinski definition) is 2. The van der Waals surface area contributed by atoms with Crippen LogP contribution in [0.4, 0.5) is 5.69 Å². The normalized spacial score (nSPS) is 12.2. The first kappa shape index (κ1) is 18.6. The third-order valence-electron chi connectivity index (χ3n) is 4.02. The molecular weight excluding hydrogens is 348 g/mol. The zero-order valence-corrected chi connectivity index (χ0v) is 15.1. The number of carbonyl (C=O) groups is 2. The molecule has 1 aliphatic rings. The lowest BCUT2D eigenvalue weighted by molar-refractivity contribution is -0.126. The topological polar surface area (TPSA) is 85.9 Å². The first-order valence-corrected chi connectivity index (χ1v) is 8.73. The summed E-state index contributed by atoms with van der Waals surface area (Å²) in [5.74, 6) is 1.30. The zero-order chi connectivity index (χ0) is 19.1. The van der Waals surface area contributed by atoms with Gasteiger partial charge in [0.1, 0.15) is 25.4 Å². The van der Waals surface area contributed by atoms with Crippen LogP contribution >= 0.6 is 0 Å². The molecule has 0 aromatic heterocycles. The van der Waals surface area contributed by atoms with E-state index in [-0.39, 0.29) is 18.2 Å². The highest BCUT2D eigenvalue weighted by Gasteiger charge is 2.14. The van der Waals surface area contributed by atoms with Crippen molar-refractivity contribution in [3.63, 3.8) is 0 Å². The maximum Gasteiger partial charge on any atom is 0.233 e. The fourth-order valence-electron chi connectivity index (χ4n) is 2.71. The summed E-state index contributed by atoms with van der Waals surface area (Å²) in [4.78, 5) is 24.0. The summed E-state index contributed by atoms with van der Waals surface area (Å²) in [5, 5.41) is 5.44. The molecule has 2 aromatic carbocycles. The highest BCUT2D eigenvalue weighted by Crippen LogP contribution is 2.32. The van der Waals surface area contributed by atoms with Crippen molar-refractivity contribution < 1.29 is 23.8 Å². The van der Waals surface area contributed by atoms with E-state index in [1.54, 1.807) is 25.3 Å². The number of rotatable bonds is 7. The van der Waals surface area contributed by atoms with Crippen molar-refractivity contribution in [1.82, 2.24) is 5.32 Å². The van der Waals surface area contributed by atoms with Crippen LogP contribution in [-0.4, -0.2) is 38.7 Å². The number of amides is 2. The molecule has 0 fully saturated rings. The molecule has 0 unspecified atom stereocenters. The Morgan fingerprint density at radius 1 is 1.04 bits per heavy atom. The molecule has 1 heterocycles. The highest BCUT2D eigenvalue weighted by atomic mass is 16.6. The Morgan fingerprint density at radius 3 is 2.67 bits per heavy atom. The maximum absolute atomic E-state index is 12.0. The fourth-order valence-corrected chi connectivity index (χ4v) is 2.71. The van der Waals surface area contributed by atoms with Crippen LogP contribution in [0.5, 0.6) is 17.2 Å². The average Bonchev–Trinajstić information content (AvgIpc) is 2.68. The second-order valence-electron chi connectivity index (χ2n) is 6.03. The van der Waals surface area contributed by atoms with Gasteiger partial charge < -0.3 is 24.8 Å². The van der Waals surface area contributed by atoms with Crippen molar-refractivity contribution in [2.45, 2.75) is 12.8 Å². The number of benzene rings is 2. The Kier molecular flexibility index (Phi) is 6.14. The van der Waals surface area contributed by atoms with Crippen molar-refractivity contribution in [3.05, 3.63) is 48.0 Å². The zero-order valence-electron chi connectivity index (χ0n) is 15.1. The molecule has 27 heavy (non-hydrogen) atoms. The van der Waals surface area contributed by atoms with E-state index in [0.717, 1.165) is 11.3 Å². The van der Waals surface area contributed by atoms with E-state index in [2.05, 4.69) is 10.6 Å². The van der Waals surface area contributed by atoms with Crippen LogP contribution in [0.1, 0.15) is 12.0 Å². The Bertz CT molecular complexity index is 822. The number of ether oxygens (including phenoxy) is 3. The molecule has 3 rings (SSSR count). The van der Waals surface area contributed by atoms with Crippen LogP contribution < -0.4 is 24.8 Å². The molecule has 142 valence electrons. The van der Waals surface area contributed by atoms with Crippen molar-refractivity contribution in [1.29, 1.82) is 0 Å². The standard InChI is InChI=1S/C20H22N2O5/c1-25-16-4-2-3-14(11-16)7-8-21-19(23)13-20(24)22-15-5-6-17-18(12-15)27-10-9-26-17/h2-6,11-12H,7-10,13H2,1H3,(H,21,23)(H,22,24). The van der Waals surface area contributed by atoms with Crippen molar-refractivity contribution in [3.8, 4) is 17.2 Å². The van der Waals surface area contributed by atoms with E-state index in [9.17, 15) is 9.59 Å². The highest BCUT2D eigenvalue weighted by molar-refractivity contribution is 6.03. The molecule has 7 nitrogen and oxygen atoms in total. The summed E-state index contributed by atoms with van der Waals surface area (Å²) in [6.07, 6.45) is 0.416. The van der Waals surface area contributed by atoms with Gasteiger partial charge in [-0.05, 0) is 36.2 Å². The fraction of sp³-hybridized carbons (Fsp3) is 0.300. The number of methoxy groups -OCH3 is 1. The van der Waals surface area contributed by atoms with E-state index >= 15 is 0 Å². The van der Waals surface area contributed by atoms with Gasteiger partial charge in [0.25, 0.3) is 0 Å². The first-order chi connectivity index (χ1) is 13.1. The van der Waals surface area contributed by atoms with E-state index in [4.69, 9.17) is 14.2 Å². The van der Waals surface area contributed by atoms with Crippen LogP contribution in [0.2, 0.25) is 0 Å². The van der Waals surface area contributed by atoms with Crippen LogP contribution in [0.25, 0.3) is 0 Å². The van der Waals surface area contributed by atoms with Crippen LogP contribution in [0.3, 0.4) is 0 Å². The Balaban J connectivity index is 1.43. The summed E-state index contributed by atoms with van der Waals surface area (Å²) < 4.78 is 16.1. The smallest absolute Gasteiger partial charge is 0.233 e. The molecule has 0 atom stereocenters. The number of carbonyl (C=O) groups excluding carboxylic acids is 2. The third kappa shape index (κ3) is 5.37. The van der Waals surface area contributed by atoms with Gasteiger partial charge in [0.2, 0.25) is 11.8 Å². The molecule has 1 aliphatic heterocycles. The Labute approximate surface area is 157 Å². The van der Waals surface area contributed by atoms with Crippen LogP contribution in [0.15, 0.2) is 42.5 Å². The van der Waals surface area contributed by atoms with Gasteiger partial charge in [0.05, 0.1) is 7.11 Å². The van der Waals surface area contributed by atoms with E-state index < -0.39 is 0 Å². The van der Waals surface area contributed by atoms with Gasteiger partial charge in [-0.25, -0.2) is 0 Å². The molecule has 2 aromatic rings. The number of fused-ring (bicyclic) bond motifs is 1. The molecule has 0 spiro atoms. The first-order valence-electron chi connectivity index (χ1n) is 8.73. The second-order valence-corrected chi connectivity index (χ2v) is 6.03. The lowest BCUT2D eigenvalue weighted by Crippen LogP contribution is -2.29. The van der Waals surface area contributed by atoms with Gasteiger partial charge in [0, 0.05) is 18.3 Å². The van der Waals surface area contributed by atoms with Gasteiger partial charge in [-0.15, -0.1) is 0 Å². The van der Waals surface area contributed by atoms with Gasteiger partial charge in [0.15, 0.2) is 11.5 Å². The predicted octanol–water partition coefficient (Wildman–Crippen LogP) is 2.15. The minimum atomic E-state index is -0.384. The Morgan fingerprint density at radius 2 is 1.85 bits per heavy atom. The molecule has 0 bridgehead atoms. The quantitative estimate of drug-likeness (QED) is 0.730. The molecule has 0 aliphatic carbocycles. The molecule has 0 saturated carbocycles. The van der Waals surface area contributed by atoms with Gasteiger partial charge in [-0.2, -0.15) is 0 Å². The third-order valence-corrected chi connectivity index (χ3v) is 4.02. The van der Waals surface area contributed by atoms with Crippen LogP contribution in [-0.2, 0) is 16.0 Å². The minimum absolute atomic E-state index is 0.243. The number of hydrogen-bond acceptors (Lipinski definition) is 5. The molecule has 2 amide bonds. The predicted molar refractivity (Wildman–Crippen MR) is 100 cm³/mol. The SMILES string of the molecule is COc1cccc(CCNC(=O)CC(=O)Nc2ccc3c(c2)OCCO3)c1. The molecule has 0 radical (unpaired) electrons. The summed E-state index contributed by atoms with van der Waals surface area (Å²) in [5.41, 5.74) is 1.61. The molecule has 7 heteroatoms. The van der Waals surface area contributed by atoms with E-state index in [1.807, 2.05) is 24.3 Å². The molecule has 0 saturated heterocycles. The van der Waals surface area contributed by atoms with E-state index in [0.29, 0.717) is 43.4 Å². The van der Waals surface area contributed by atoms with Gasteiger partial charge >= 0.3 is 0 Å². The minimum Gasteiger partial charge on any atom is -0.497 e. The summed E-state index contributed by atoms with van der Waals surface area (Å²) in [6.45, 7) is 1.43. The summed E-state index contributed by atoms with van der Waals surface area (Å²) in [7, 11) is 1.61. The Hall–Kier alpha value is -3.22. The van der Waals surface area contributed by atoms with Gasteiger partial charge in [-0.3, -0.25) is 9.59 Å². The second kappa shape index (κ2) is 8.93. The summed E-state index contributed by atoms with van der Waals surface area (Å²) >= 11 is 0. The van der Waals surface area contributed by atoms with E-state index in [1.165, 1.54) is 0 Å². The average molecular weight is 370 g/mol. The molecule has 2 N–H and O–H groups in total. The largest absolute Gasteiger partial charge is 0.497 e. The van der Waals surface area contributed by atoms with Crippen LogP contribution in [0, 0.1) is 0 Å². The lowest BCUT2D eigenvalue weighted by Gasteiger charge is -2.19. The number of nitrogens with one attached hydrogen (secondary N) is 2. The number of anilines is 1. The van der Waals surface area contributed by atoms with Gasteiger partial charge in [-0.1, -0.05) is 12.1 Å². The monoisotopic (exact) mass is 370 g/mol. The van der Waals surface area contributed by atoms with Crippen molar-refractivity contribution >= 4 is 17.5 Å². The van der Waals surface area contributed by atoms with Crippen molar-refractivity contribution in [2.75, 3.05) is 32.2 Å². The molecular formula is C20H22N2O5.